The number of ketones is 2. The summed E-state index contributed by atoms with van der Waals surface area (Å²) < 4.78 is 0. The molecule has 1 saturated heterocycles. The molecule has 0 radical (unpaired) electrons. The first kappa shape index (κ1) is 17.5. The van der Waals surface area contributed by atoms with Crippen molar-refractivity contribution in [1.29, 1.82) is 0 Å². The fraction of sp³-hybridized carbons (Fsp3) is 0.421. The summed E-state index contributed by atoms with van der Waals surface area (Å²) >= 11 is 0. The molecule has 1 aliphatic carbocycles. The van der Waals surface area contributed by atoms with E-state index in [1.165, 1.54) is 6.92 Å². The Morgan fingerprint density at radius 3 is 2.28 bits per heavy atom. The minimum absolute atomic E-state index is 0.126. The van der Waals surface area contributed by atoms with Gasteiger partial charge in [0.15, 0.2) is 11.6 Å². The second kappa shape index (κ2) is 5.61. The van der Waals surface area contributed by atoms with E-state index >= 15 is 0 Å². The van der Waals surface area contributed by atoms with Crippen LogP contribution in [0.2, 0.25) is 0 Å². The summed E-state index contributed by atoms with van der Waals surface area (Å²) in [6.45, 7) is 4.81. The minimum Gasteiger partial charge on any atom is -0.386 e. The van der Waals surface area contributed by atoms with E-state index < -0.39 is 40.6 Å². The summed E-state index contributed by atoms with van der Waals surface area (Å²) in [7, 11) is 0. The number of carbonyl (C=O) groups is 3. The van der Waals surface area contributed by atoms with Crippen LogP contribution >= 0.6 is 0 Å². The molecular formula is C19H21NO5. The second-order valence-corrected chi connectivity index (χ2v) is 7.12. The average molecular weight is 343 g/mol. The lowest BCUT2D eigenvalue weighted by molar-refractivity contribution is -0.164. The molecule has 0 unspecified atom stereocenters. The Kier molecular flexibility index (Phi) is 3.93. The van der Waals surface area contributed by atoms with Crippen molar-refractivity contribution in [1.82, 2.24) is 5.32 Å². The third-order valence-electron chi connectivity index (χ3n) is 5.61. The highest BCUT2D eigenvalue weighted by Gasteiger charge is 2.68. The number of hydrogen-bond donors (Lipinski definition) is 3. The summed E-state index contributed by atoms with van der Waals surface area (Å²) in [5, 5.41) is 23.9. The number of aliphatic hydroxyl groups is 2. The van der Waals surface area contributed by atoms with Crippen molar-refractivity contribution in [3.8, 4) is 0 Å². The zero-order valence-corrected chi connectivity index (χ0v) is 14.4. The lowest BCUT2D eigenvalue weighted by Gasteiger charge is -2.35. The normalized spacial score (nSPS) is 33.8. The third kappa shape index (κ3) is 2.21. The van der Waals surface area contributed by atoms with Crippen LogP contribution < -0.4 is 5.32 Å². The Labute approximate surface area is 145 Å². The van der Waals surface area contributed by atoms with Gasteiger partial charge in [-0.25, -0.2) is 0 Å². The Morgan fingerprint density at radius 2 is 1.76 bits per heavy atom. The first-order valence-corrected chi connectivity index (χ1v) is 8.16. The maximum Gasteiger partial charge on any atom is 0.261 e. The highest BCUT2D eigenvalue weighted by Crippen LogP contribution is 2.49. The molecule has 1 amide bonds. The molecule has 6 nitrogen and oxygen atoms in total. The molecule has 1 aliphatic heterocycles. The van der Waals surface area contributed by atoms with Crippen LogP contribution in [-0.4, -0.2) is 39.3 Å². The number of allylic oxidation sites excluding steroid dienone is 2. The van der Waals surface area contributed by atoms with E-state index in [2.05, 4.69) is 5.32 Å². The number of benzene rings is 1. The Hall–Kier alpha value is -2.31. The molecule has 0 spiro atoms. The highest BCUT2D eigenvalue weighted by molar-refractivity contribution is 6.23. The molecule has 132 valence electrons. The number of Topliss-reactive ketones (excluding diaryl/α,β-unsaturated/α-hetero) is 2. The van der Waals surface area contributed by atoms with Crippen LogP contribution in [0.1, 0.15) is 38.9 Å². The number of amides is 1. The van der Waals surface area contributed by atoms with Gasteiger partial charge in [0, 0.05) is 0 Å². The molecule has 1 aromatic rings. The van der Waals surface area contributed by atoms with Gasteiger partial charge in [0.2, 0.25) is 5.60 Å². The molecule has 3 N–H and O–H groups in total. The monoisotopic (exact) mass is 343 g/mol. The van der Waals surface area contributed by atoms with Gasteiger partial charge in [0.25, 0.3) is 5.91 Å². The second-order valence-electron chi connectivity index (χ2n) is 7.12. The number of rotatable bonds is 3. The van der Waals surface area contributed by atoms with Gasteiger partial charge in [0.05, 0.1) is 5.41 Å². The number of carbonyl (C=O) groups excluding carboxylic acids is 3. The van der Waals surface area contributed by atoms with Crippen molar-refractivity contribution in [2.45, 2.75) is 44.9 Å². The van der Waals surface area contributed by atoms with Gasteiger partial charge in [0.1, 0.15) is 12.1 Å². The zero-order valence-electron chi connectivity index (χ0n) is 14.4. The fourth-order valence-corrected chi connectivity index (χ4v) is 3.88. The third-order valence-corrected chi connectivity index (χ3v) is 5.61. The number of hydrogen-bond acceptors (Lipinski definition) is 5. The average Bonchev–Trinajstić information content (AvgIpc) is 2.96. The Balaban J connectivity index is 1.98. The molecule has 6 heteroatoms. The molecule has 0 bridgehead atoms. The smallest absolute Gasteiger partial charge is 0.261 e. The van der Waals surface area contributed by atoms with E-state index in [1.54, 1.807) is 44.2 Å². The quantitative estimate of drug-likeness (QED) is 0.706. The summed E-state index contributed by atoms with van der Waals surface area (Å²) in [4.78, 5) is 38.1. The Morgan fingerprint density at radius 1 is 1.16 bits per heavy atom. The van der Waals surface area contributed by atoms with Crippen molar-refractivity contribution in [3.63, 3.8) is 0 Å². The van der Waals surface area contributed by atoms with Crippen LogP contribution in [0, 0.1) is 5.41 Å². The molecule has 1 aromatic carbocycles. The van der Waals surface area contributed by atoms with Crippen molar-refractivity contribution >= 4 is 17.5 Å². The SMILES string of the molecule is CC1=C(C)C(=O)[C@@](C)([C@@]2(O)C(=O)N[C@@H]([C@@H](O)c3ccccc3)C2=O)C1. The van der Waals surface area contributed by atoms with Crippen molar-refractivity contribution < 1.29 is 24.6 Å². The molecule has 1 heterocycles. The van der Waals surface area contributed by atoms with Gasteiger partial charge in [-0.3, -0.25) is 14.4 Å². The fourth-order valence-electron chi connectivity index (χ4n) is 3.88. The Bertz CT molecular complexity index is 799. The van der Waals surface area contributed by atoms with Crippen molar-refractivity contribution in [2.75, 3.05) is 0 Å². The van der Waals surface area contributed by atoms with Crippen LogP contribution in [0.15, 0.2) is 41.5 Å². The summed E-state index contributed by atoms with van der Waals surface area (Å²) in [5.74, 6) is -2.21. The molecule has 0 aromatic heterocycles. The molecule has 0 saturated carbocycles. The van der Waals surface area contributed by atoms with Crippen molar-refractivity contribution in [3.05, 3.63) is 47.0 Å². The summed E-state index contributed by atoms with van der Waals surface area (Å²) in [5.41, 5.74) is -2.41. The van der Waals surface area contributed by atoms with Crippen LogP contribution in [0.5, 0.6) is 0 Å². The predicted octanol–water partition coefficient (Wildman–Crippen LogP) is 0.834. The topological polar surface area (TPSA) is 104 Å². The van der Waals surface area contributed by atoms with Gasteiger partial charge in [-0.2, -0.15) is 0 Å². The van der Waals surface area contributed by atoms with Gasteiger partial charge >= 0.3 is 0 Å². The maximum atomic E-state index is 12.9. The van der Waals surface area contributed by atoms with E-state index in [9.17, 15) is 24.6 Å². The van der Waals surface area contributed by atoms with E-state index in [-0.39, 0.29) is 6.42 Å². The van der Waals surface area contributed by atoms with Gasteiger partial charge in [-0.15, -0.1) is 0 Å². The van der Waals surface area contributed by atoms with Crippen LogP contribution in [-0.2, 0) is 14.4 Å². The largest absolute Gasteiger partial charge is 0.386 e. The molecule has 4 atom stereocenters. The minimum atomic E-state index is -2.50. The van der Waals surface area contributed by atoms with Gasteiger partial charge in [-0.1, -0.05) is 35.9 Å². The zero-order chi connectivity index (χ0) is 18.6. The molecular weight excluding hydrogens is 322 g/mol. The predicted molar refractivity (Wildman–Crippen MR) is 89.4 cm³/mol. The van der Waals surface area contributed by atoms with Crippen LogP contribution in [0.3, 0.4) is 0 Å². The number of nitrogens with one attached hydrogen (secondary N) is 1. The standard InChI is InChI=1S/C19H21NO5/c1-10-9-18(3,15(22)11(10)2)19(25)16(23)13(20-17(19)24)14(21)12-7-5-4-6-8-12/h4-8,13-14,21,25H,9H2,1-3H3,(H,20,24)/t13-,14-,18-,19-/m0/s1. The highest BCUT2D eigenvalue weighted by atomic mass is 16.3. The molecule has 2 aliphatic rings. The van der Waals surface area contributed by atoms with E-state index in [1.807, 2.05) is 0 Å². The summed E-state index contributed by atoms with van der Waals surface area (Å²) in [6.07, 6.45) is -1.18. The maximum absolute atomic E-state index is 12.9. The van der Waals surface area contributed by atoms with E-state index in [0.717, 1.165) is 5.57 Å². The first-order valence-electron chi connectivity index (χ1n) is 8.16. The van der Waals surface area contributed by atoms with Crippen molar-refractivity contribution in [2.24, 2.45) is 5.41 Å². The lowest BCUT2D eigenvalue weighted by atomic mass is 9.67. The van der Waals surface area contributed by atoms with Gasteiger partial charge < -0.3 is 15.5 Å². The lowest BCUT2D eigenvalue weighted by Crippen LogP contribution is -2.59. The first-order chi connectivity index (χ1) is 11.6. The summed E-state index contributed by atoms with van der Waals surface area (Å²) in [6, 6.07) is 7.11. The van der Waals surface area contributed by atoms with E-state index in [0.29, 0.717) is 11.1 Å². The number of aliphatic hydroxyl groups excluding tert-OH is 1. The van der Waals surface area contributed by atoms with Crippen LogP contribution in [0.4, 0.5) is 0 Å². The van der Waals surface area contributed by atoms with E-state index in [4.69, 9.17) is 0 Å². The van der Waals surface area contributed by atoms with Crippen LogP contribution in [0.25, 0.3) is 0 Å². The molecule has 25 heavy (non-hydrogen) atoms. The molecule has 3 rings (SSSR count). The van der Waals surface area contributed by atoms with Gasteiger partial charge in [-0.05, 0) is 38.3 Å². The molecule has 1 fully saturated rings.